The van der Waals surface area contributed by atoms with Crippen molar-refractivity contribution < 1.29 is 19.0 Å². The second kappa shape index (κ2) is 11.7. The maximum Gasteiger partial charge on any atom is 0.254 e. The fraction of sp³-hybridized carbons (Fsp3) is 0.346. The largest absolute Gasteiger partial charge is 0.490 e. The molecule has 0 atom stereocenters. The van der Waals surface area contributed by atoms with E-state index in [4.69, 9.17) is 14.2 Å². The normalized spacial score (nSPS) is 14.2. The number of carbonyl (C=O) groups is 1. The number of benzene rings is 2. The van der Waals surface area contributed by atoms with Gasteiger partial charge in [0, 0.05) is 38.3 Å². The number of hydrogen-bond acceptors (Lipinski definition) is 6. The number of thiophene rings is 1. The third kappa shape index (κ3) is 6.49. The second-order valence-electron chi connectivity index (χ2n) is 7.80. The molecule has 174 valence electrons. The summed E-state index contributed by atoms with van der Waals surface area (Å²) in [5.74, 6) is 2.04. The molecule has 1 aliphatic rings. The highest BCUT2D eigenvalue weighted by atomic mass is 32.1. The molecule has 1 saturated heterocycles. The molecule has 7 heteroatoms. The fourth-order valence-electron chi connectivity index (χ4n) is 3.79. The number of carbonyl (C=O) groups excluding carboxylic acids is 1. The van der Waals surface area contributed by atoms with Crippen LogP contribution in [0.15, 0.2) is 65.4 Å². The van der Waals surface area contributed by atoms with Gasteiger partial charge in [-0.25, -0.2) is 0 Å². The molecule has 2 heterocycles. The molecule has 1 aromatic heterocycles. The minimum Gasteiger partial charge on any atom is -0.490 e. The Balaban J connectivity index is 1.31. The zero-order valence-corrected chi connectivity index (χ0v) is 19.8. The lowest BCUT2D eigenvalue weighted by Crippen LogP contribution is -2.48. The predicted octanol–water partition coefficient (Wildman–Crippen LogP) is 4.56. The smallest absolute Gasteiger partial charge is 0.254 e. The number of piperazine rings is 1. The van der Waals surface area contributed by atoms with Crippen LogP contribution in [-0.2, 0) is 6.54 Å². The summed E-state index contributed by atoms with van der Waals surface area (Å²) < 4.78 is 17.3. The van der Waals surface area contributed by atoms with Gasteiger partial charge in [0.2, 0.25) is 0 Å². The van der Waals surface area contributed by atoms with Gasteiger partial charge in [-0.15, -0.1) is 0 Å². The van der Waals surface area contributed by atoms with E-state index in [1.807, 2.05) is 54.3 Å². The van der Waals surface area contributed by atoms with Crippen LogP contribution in [0, 0.1) is 0 Å². The number of amides is 1. The highest BCUT2D eigenvalue weighted by Crippen LogP contribution is 2.29. The molecule has 1 fully saturated rings. The minimum atomic E-state index is 0.0325. The van der Waals surface area contributed by atoms with Crippen molar-refractivity contribution in [1.82, 2.24) is 9.80 Å². The molecule has 6 nitrogen and oxygen atoms in total. The van der Waals surface area contributed by atoms with Crippen LogP contribution >= 0.6 is 11.3 Å². The van der Waals surface area contributed by atoms with Crippen LogP contribution in [-0.4, -0.2) is 61.7 Å². The number of para-hydroxylation sites is 1. The molecular weight excluding hydrogens is 436 g/mol. The van der Waals surface area contributed by atoms with E-state index in [2.05, 4.69) is 21.7 Å². The van der Waals surface area contributed by atoms with Gasteiger partial charge in [0.1, 0.15) is 19.0 Å². The van der Waals surface area contributed by atoms with E-state index in [1.165, 1.54) is 5.56 Å². The first-order valence-corrected chi connectivity index (χ1v) is 12.3. The summed E-state index contributed by atoms with van der Waals surface area (Å²) in [6.45, 7) is 7.37. The summed E-state index contributed by atoms with van der Waals surface area (Å²) in [6.07, 6.45) is 0. The highest BCUT2D eigenvalue weighted by Gasteiger charge is 2.23. The van der Waals surface area contributed by atoms with E-state index < -0.39 is 0 Å². The van der Waals surface area contributed by atoms with Gasteiger partial charge in [-0.1, -0.05) is 18.2 Å². The van der Waals surface area contributed by atoms with Gasteiger partial charge in [-0.2, -0.15) is 11.3 Å². The van der Waals surface area contributed by atoms with Crippen LogP contribution in [0.5, 0.6) is 17.2 Å². The van der Waals surface area contributed by atoms with Gasteiger partial charge in [0.05, 0.1) is 6.61 Å². The summed E-state index contributed by atoms with van der Waals surface area (Å²) in [5.41, 5.74) is 1.96. The van der Waals surface area contributed by atoms with Gasteiger partial charge < -0.3 is 19.1 Å². The van der Waals surface area contributed by atoms with E-state index in [0.29, 0.717) is 36.9 Å². The van der Waals surface area contributed by atoms with Gasteiger partial charge in [0.15, 0.2) is 11.5 Å². The van der Waals surface area contributed by atoms with Gasteiger partial charge in [-0.3, -0.25) is 9.69 Å². The molecule has 0 aliphatic carbocycles. The third-order valence-corrected chi connectivity index (χ3v) is 6.22. The molecule has 0 unspecified atom stereocenters. The molecule has 1 aliphatic heterocycles. The van der Waals surface area contributed by atoms with Crippen LogP contribution in [0.2, 0.25) is 0 Å². The average molecular weight is 467 g/mol. The number of hydrogen-bond donors (Lipinski definition) is 0. The second-order valence-corrected chi connectivity index (χ2v) is 8.58. The van der Waals surface area contributed by atoms with Gasteiger partial charge in [-0.05, 0) is 59.6 Å². The molecule has 3 aromatic rings. The standard InChI is InChI=1S/C26H30N2O4S/c1-2-30-25-18-22(8-9-24(25)32-16-15-31-23-6-4-3-5-7-23)26(29)28-13-11-27(12-14-28)19-21-10-17-33-20-21/h3-10,17-18,20H,2,11-16,19H2,1H3. The fourth-order valence-corrected chi connectivity index (χ4v) is 4.45. The van der Waals surface area contributed by atoms with E-state index in [1.54, 1.807) is 17.4 Å². The lowest BCUT2D eigenvalue weighted by molar-refractivity contribution is 0.0628. The van der Waals surface area contributed by atoms with Crippen LogP contribution in [0.25, 0.3) is 0 Å². The number of rotatable bonds is 10. The van der Waals surface area contributed by atoms with Crippen LogP contribution < -0.4 is 14.2 Å². The van der Waals surface area contributed by atoms with Crippen molar-refractivity contribution in [2.24, 2.45) is 0 Å². The summed E-state index contributed by atoms with van der Waals surface area (Å²) in [6, 6.07) is 17.2. The quantitative estimate of drug-likeness (QED) is 0.410. The molecule has 2 aromatic carbocycles. The zero-order valence-electron chi connectivity index (χ0n) is 18.9. The van der Waals surface area contributed by atoms with Crippen molar-refractivity contribution in [3.05, 3.63) is 76.5 Å². The molecule has 33 heavy (non-hydrogen) atoms. The number of ether oxygens (including phenoxy) is 3. The minimum absolute atomic E-state index is 0.0325. The Hall–Kier alpha value is -3.03. The summed E-state index contributed by atoms with van der Waals surface area (Å²) in [5, 5.41) is 4.29. The van der Waals surface area contributed by atoms with Crippen molar-refractivity contribution >= 4 is 17.2 Å². The first-order valence-electron chi connectivity index (χ1n) is 11.3. The summed E-state index contributed by atoms with van der Waals surface area (Å²) >= 11 is 1.72. The van der Waals surface area contributed by atoms with Crippen molar-refractivity contribution in [1.29, 1.82) is 0 Å². The Bertz CT molecular complexity index is 1000. The van der Waals surface area contributed by atoms with Crippen LogP contribution in [0.4, 0.5) is 0 Å². The van der Waals surface area contributed by atoms with Gasteiger partial charge >= 0.3 is 0 Å². The summed E-state index contributed by atoms with van der Waals surface area (Å²) in [4.78, 5) is 17.4. The van der Waals surface area contributed by atoms with Crippen molar-refractivity contribution in [2.75, 3.05) is 46.0 Å². The zero-order chi connectivity index (χ0) is 22.9. The molecule has 0 saturated carbocycles. The maximum absolute atomic E-state index is 13.1. The van der Waals surface area contributed by atoms with Crippen molar-refractivity contribution in [3.8, 4) is 17.2 Å². The first-order chi connectivity index (χ1) is 16.2. The maximum atomic E-state index is 13.1. The first kappa shape index (κ1) is 23.1. The monoisotopic (exact) mass is 466 g/mol. The molecule has 0 radical (unpaired) electrons. The Kier molecular flexibility index (Phi) is 8.22. The van der Waals surface area contributed by atoms with E-state index in [0.717, 1.165) is 38.5 Å². The SMILES string of the molecule is CCOc1cc(C(=O)N2CCN(Cc3ccsc3)CC2)ccc1OCCOc1ccccc1. The Morgan fingerprint density at radius 1 is 0.909 bits per heavy atom. The van der Waals surface area contributed by atoms with Crippen molar-refractivity contribution in [3.63, 3.8) is 0 Å². The molecule has 4 rings (SSSR count). The molecule has 1 amide bonds. The molecule has 0 spiro atoms. The Labute approximate surface area is 199 Å². The summed E-state index contributed by atoms with van der Waals surface area (Å²) in [7, 11) is 0. The molecular formula is C26H30N2O4S. The molecule has 0 N–H and O–H groups in total. The average Bonchev–Trinajstić information content (AvgIpc) is 3.36. The Morgan fingerprint density at radius 2 is 1.70 bits per heavy atom. The van der Waals surface area contributed by atoms with Crippen molar-refractivity contribution in [2.45, 2.75) is 13.5 Å². The Morgan fingerprint density at radius 3 is 2.42 bits per heavy atom. The lowest BCUT2D eigenvalue weighted by atomic mass is 10.1. The third-order valence-electron chi connectivity index (χ3n) is 5.49. The topological polar surface area (TPSA) is 51.2 Å². The van der Waals surface area contributed by atoms with Gasteiger partial charge in [0.25, 0.3) is 5.91 Å². The van der Waals surface area contributed by atoms with E-state index in [-0.39, 0.29) is 5.91 Å². The van der Waals surface area contributed by atoms with E-state index in [9.17, 15) is 4.79 Å². The highest BCUT2D eigenvalue weighted by molar-refractivity contribution is 7.07. The number of nitrogens with zero attached hydrogens (tertiary/aromatic N) is 2. The predicted molar refractivity (Wildman–Crippen MR) is 131 cm³/mol. The van der Waals surface area contributed by atoms with E-state index >= 15 is 0 Å². The lowest BCUT2D eigenvalue weighted by Gasteiger charge is -2.34. The van der Waals surface area contributed by atoms with Crippen LogP contribution in [0.1, 0.15) is 22.8 Å². The van der Waals surface area contributed by atoms with Crippen LogP contribution in [0.3, 0.4) is 0 Å². The molecule has 0 bridgehead atoms.